The summed E-state index contributed by atoms with van der Waals surface area (Å²) < 4.78 is 11.5. The van der Waals surface area contributed by atoms with Crippen molar-refractivity contribution in [1.82, 2.24) is 15.1 Å². The number of aromatic nitrogens is 2. The Labute approximate surface area is 159 Å². The van der Waals surface area contributed by atoms with Crippen molar-refractivity contribution >= 4 is 5.91 Å². The molecular formula is C21H27N3O3. The Bertz CT molecular complexity index is 755. The summed E-state index contributed by atoms with van der Waals surface area (Å²) in [5.41, 5.74) is 1.04. The third kappa shape index (κ3) is 3.90. The summed E-state index contributed by atoms with van der Waals surface area (Å²) in [7, 11) is 0. The second-order valence-electron chi connectivity index (χ2n) is 7.54. The monoisotopic (exact) mass is 369 g/mol. The molecular weight excluding hydrogens is 342 g/mol. The largest absolute Gasteiger partial charge is 0.423 e. The van der Waals surface area contributed by atoms with Crippen LogP contribution in [0.1, 0.15) is 74.3 Å². The van der Waals surface area contributed by atoms with Crippen LogP contribution in [0, 0.1) is 0 Å². The van der Waals surface area contributed by atoms with Crippen molar-refractivity contribution in [2.75, 3.05) is 19.8 Å². The molecule has 0 spiro atoms. The lowest BCUT2D eigenvalue weighted by Crippen LogP contribution is -2.40. The van der Waals surface area contributed by atoms with E-state index in [9.17, 15) is 4.79 Å². The third-order valence-electron chi connectivity index (χ3n) is 5.77. The summed E-state index contributed by atoms with van der Waals surface area (Å²) in [5.74, 6) is 1.52. The van der Waals surface area contributed by atoms with Gasteiger partial charge >= 0.3 is 0 Å². The fourth-order valence-corrected chi connectivity index (χ4v) is 4.08. The molecule has 0 radical (unpaired) electrons. The zero-order valence-electron chi connectivity index (χ0n) is 15.8. The molecule has 1 aromatic heterocycles. The van der Waals surface area contributed by atoms with Gasteiger partial charge in [-0.3, -0.25) is 4.79 Å². The van der Waals surface area contributed by atoms with Gasteiger partial charge in [0, 0.05) is 25.7 Å². The maximum atomic E-state index is 13.2. The lowest BCUT2D eigenvalue weighted by Gasteiger charge is -2.35. The fraction of sp³-hybridized carbons (Fsp3) is 0.571. The Morgan fingerprint density at radius 2 is 1.81 bits per heavy atom. The van der Waals surface area contributed by atoms with Crippen LogP contribution in [0.3, 0.4) is 0 Å². The van der Waals surface area contributed by atoms with Crippen molar-refractivity contribution in [1.29, 1.82) is 0 Å². The molecule has 2 atom stereocenters. The van der Waals surface area contributed by atoms with E-state index < -0.39 is 0 Å². The zero-order valence-corrected chi connectivity index (χ0v) is 15.8. The predicted octanol–water partition coefficient (Wildman–Crippen LogP) is 3.82. The van der Waals surface area contributed by atoms with Crippen LogP contribution in [0.4, 0.5) is 0 Å². The molecule has 6 nitrogen and oxygen atoms in total. The van der Waals surface area contributed by atoms with Crippen molar-refractivity contribution in [3.8, 4) is 0 Å². The maximum absolute atomic E-state index is 13.2. The van der Waals surface area contributed by atoms with Gasteiger partial charge in [0.1, 0.15) is 6.04 Å². The van der Waals surface area contributed by atoms with E-state index in [1.807, 2.05) is 42.2 Å². The number of amides is 1. The Morgan fingerprint density at radius 1 is 1.07 bits per heavy atom. The van der Waals surface area contributed by atoms with Crippen molar-refractivity contribution in [3.05, 3.63) is 47.7 Å². The summed E-state index contributed by atoms with van der Waals surface area (Å²) in [5, 5.41) is 8.63. The minimum Gasteiger partial charge on any atom is -0.423 e. The number of hydrogen-bond acceptors (Lipinski definition) is 5. The lowest BCUT2D eigenvalue weighted by atomic mass is 9.95. The SMILES string of the molecule is C[C@@H](C(=O)N1CCCC[C@H]1c1nnc(C2CCOCC2)o1)c1ccccc1. The normalized spacial score (nSPS) is 22.6. The molecule has 2 saturated heterocycles. The summed E-state index contributed by atoms with van der Waals surface area (Å²) in [6.07, 6.45) is 4.80. The molecule has 2 aliphatic heterocycles. The van der Waals surface area contributed by atoms with E-state index >= 15 is 0 Å². The summed E-state index contributed by atoms with van der Waals surface area (Å²) >= 11 is 0. The van der Waals surface area contributed by atoms with E-state index in [-0.39, 0.29) is 23.8 Å². The smallest absolute Gasteiger partial charge is 0.238 e. The van der Waals surface area contributed by atoms with Crippen LogP contribution < -0.4 is 0 Å². The molecule has 1 amide bonds. The summed E-state index contributed by atoms with van der Waals surface area (Å²) in [6, 6.07) is 9.84. The topological polar surface area (TPSA) is 68.5 Å². The molecule has 1 aromatic carbocycles. The quantitative estimate of drug-likeness (QED) is 0.819. The highest BCUT2D eigenvalue weighted by atomic mass is 16.5. The van der Waals surface area contributed by atoms with Gasteiger partial charge in [0.05, 0.1) is 5.92 Å². The van der Waals surface area contributed by atoms with Gasteiger partial charge in [0.15, 0.2) is 0 Å². The second-order valence-corrected chi connectivity index (χ2v) is 7.54. The minimum atomic E-state index is -0.176. The van der Waals surface area contributed by atoms with E-state index in [0.717, 1.165) is 57.4 Å². The molecule has 144 valence electrons. The molecule has 6 heteroatoms. The van der Waals surface area contributed by atoms with Crippen molar-refractivity contribution in [3.63, 3.8) is 0 Å². The Morgan fingerprint density at radius 3 is 2.59 bits per heavy atom. The van der Waals surface area contributed by atoms with Crippen molar-refractivity contribution < 1.29 is 13.9 Å². The number of carbonyl (C=O) groups excluding carboxylic acids is 1. The van der Waals surface area contributed by atoms with Crippen molar-refractivity contribution in [2.45, 2.75) is 56.9 Å². The first-order valence-electron chi connectivity index (χ1n) is 10.0. The highest BCUT2D eigenvalue weighted by Crippen LogP contribution is 2.35. The van der Waals surface area contributed by atoms with Crippen LogP contribution >= 0.6 is 0 Å². The average molecular weight is 369 g/mol. The molecule has 27 heavy (non-hydrogen) atoms. The van der Waals surface area contributed by atoms with E-state index in [4.69, 9.17) is 9.15 Å². The predicted molar refractivity (Wildman–Crippen MR) is 100 cm³/mol. The van der Waals surface area contributed by atoms with Crippen LogP contribution in [0.5, 0.6) is 0 Å². The molecule has 0 N–H and O–H groups in total. The number of ether oxygens (including phenoxy) is 1. The molecule has 3 heterocycles. The van der Waals surface area contributed by atoms with Gasteiger partial charge in [-0.2, -0.15) is 0 Å². The Hall–Kier alpha value is -2.21. The van der Waals surface area contributed by atoms with Crippen LogP contribution in [0.25, 0.3) is 0 Å². The van der Waals surface area contributed by atoms with Crippen LogP contribution in [0.2, 0.25) is 0 Å². The molecule has 4 rings (SSSR count). The van der Waals surface area contributed by atoms with E-state index in [1.54, 1.807) is 0 Å². The van der Waals surface area contributed by atoms with Gasteiger partial charge in [0.2, 0.25) is 17.7 Å². The van der Waals surface area contributed by atoms with Gasteiger partial charge in [0.25, 0.3) is 0 Å². The number of piperidine rings is 1. The first-order valence-corrected chi connectivity index (χ1v) is 10.0. The number of nitrogens with zero attached hydrogens (tertiary/aromatic N) is 3. The van der Waals surface area contributed by atoms with Gasteiger partial charge < -0.3 is 14.1 Å². The molecule has 0 aliphatic carbocycles. The van der Waals surface area contributed by atoms with Crippen LogP contribution in [-0.4, -0.2) is 40.8 Å². The molecule has 0 saturated carbocycles. The van der Waals surface area contributed by atoms with Crippen LogP contribution in [-0.2, 0) is 9.53 Å². The average Bonchev–Trinajstić information content (AvgIpc) is 3.24. The van der Waals surface area contributed by atoms with Crippen molar-refractivity contribution in [2.24, 2.45) is 0 Å². The number of benzene rings is 1. The zero-order chi connectivity index (χ0) is 18.6. The number of hydrogen-bond donors (Lipinski definition) is 0. The van der Waals surface area contributed by atoms with E-state index in [1.165, 1.54) is 0 Å². The first-order chi connectivity index (χ1) is 13.2. The first kappa shape index (κ1) is 18.2. The van der Waals surface area contributed by atoms with E-state index in [2.05, 4.69) is 10.2 Å². The fourth-order valence-electron chi connectivity index (χ4n) is 4.08. The van der Waals surface area contributed by atoms with Crippen LogP contribution in [0.15, 0.2) is 34.7 Å². The maximum Gasteiger partial charge on any atom is 0.238 e. The summed E-state index contributed by atoms with van der Waals surface area (Å²) in [6.45, 7) is 4.20. The molecule has 0 unspecified atom stereocenters. The van der Waals surface area contributed by atoms with E-state index in [0.29, 0.717) is 11.8 Å². The number of likely N-dealkylation sites (tertiary alicyclic amines) is 1. The molecule has 0 bridgehead atoms. The van der Waals surface area contributed by atoms with Gasteiger partial charge in [-0.05, 0) is 44.6 Å². The highest BCUT2D eigenvalue weighted by Gasteiger charge is 2.35. The van der Waals surface area contributed by atoms with Gasteiger partial charge in [-0.1, -0.05) is 30.3 Å². The Balaban J connectivity index is 1.52. The Kier molecular flexibility index (Phi) is 5.53. The number of carbonyl (C=O) groups is 1. The second kappa shape index (κ2) is 8.21. The lowest BCUT2D eigenvalue weighted by molar-refractivity contribution is -0.137. The molecule has 2 aliphatic rings. The number of rotatable bonds is 4. The van der Waals surface area contributed by atoms with Gasteiger partial charge in [-0.15, -0.1) is 10.2 Å². The van der Waals surface area contributed by atoms with Gasteiger partial charge in [-0.25, -0.2) is 0 Å². The molecule has 2 aromatic rings. The highest BCUT2D eigenvalue weighted by molar-refractivity contribution is 5.83. The minimum absolute atomic E-state index is 0.112. The summed E-state index contributed by atoms with van der Waals surface area (Å²) in [4.78, 5) is 15.2. The third-order valence-corrected chi connectivity index (χ3v) is 5.77. The molecule has 2 fully saturated rings. The standard InChI is InChI=1S/C21H27N3O3/c1-15(16-7-3-2-4-8-16)21(25)24-12-6-5-9-18(24)20-23-22-19(27-20)17-10-13-26-14-11-17/h2-4,7-8,15,17-18H,5-6,9-14H2,1H3/t15-,18+/m1/s1.